The molecule has 0 aliphatic heterocycles. The molecular formula is C14H21FN2O. The molecule has 1 atom stereocenters. The molecule has 0 radical (unpaired) electrons. The molecule has 0 saturated heterocycles. The topological polar surface area (TPSA) is 35.5 Å². The lowest BCUT2D eigenvalue weighted by molar-refractivity contribution is 0.153. The Kier molecular flexibility index (Phi) is 3.88. The van der Waals surface area contributed by atoms with Crippen LogP contribution < -0.4 is 10.2 Å². The van der Waals surface area contributed by atoms with Crippen molar-refractivity contribution in [3.05, 3.63) is 30.1 Å². The Morgan fingerprint density at radius 1 is 1.50 bits per heavy atom. The Labute approximate surface area is 108 Å². The lowest BCUT2D eigenvalue weighted by Gasteiger charge is -2.36. The highest BCUT2D eigenvalue weighted by Crippen LogP contribution is 2.40. The van der Waals surface area contributed by atoms with Gasteiger partial charge >= 0.3 is 0 Å². The zero-order chi connectivity index (χ0) is 13.2. The smallest absolute Gasteiger partial charge is 0.125 e. The Hall–Kier alpha value is -1.13. The van der Waals surface area contributed by atoms with Gasteiger partial charge in [0, 0.05) is 19.3 Å². The molecule has 1 fully saturated rings. The fourth-order valence-electron chi connectivity index (χ4n) is 2.53. The first kappa shape index (κ1) is 13.3. The minimum absolute atomic E-state index is 0.105. The number of likely N-dealkylation sites (N-methyl/N-ethyl adjacent to an activating group) is 2. The van der Waals surface area contributed by atoms with Crippen LogP contribution in [0.5, 0.6) is 0 Å². The molecule has 1 aromatic rings. The molecule has 2 rings (SSSR count). The van der Waals surface area contributed by atoms with E-state index in [1.165, 1.54) is 12.1 Å². The van der Waals surface area contributed by atoms with Gasteiger partial charge in [-0.15, -0.1) is 0 Å². The van der Waals surface area contributed by atoms with Gasteiger partial charge in [0.1, 0.15) is 5.82 Å². The number of hydrogen-bond donors (Lipinski definition) is 2. The Balaban J connectivity index is 2.11. The van der Waals surface area contributed by atoms with E-state index in [0.29, 0.717) is 12.5 Å². The first-order chi connectivity index (χ1) is 8.61. The minimum atomic E-state index is -0.277. The second-order valence-electron chi connectivity index (χ2n) is 5.17. The number of aliphatic hydroxyl groups is 1. The van der Waals surface area contributed by atoms with Crippen LogP contribution in [-0.4, -0.2) is 37.9 Å². The van der Waals surface area contributed by atoms with E-state index < -0.39 is 0 Å². The molecule has 1 aromatic carbocycles. The number of halogens is 1. The van der Waals surface area contributed by atoms with Crippen molar-refractivity contribution in [2.45, 2.75) is 18.4 Å². The van der Waals surface area contributed by atoms with Gasteiger partial charge in [0.2, 0.25) is 0 Å². The zero-order valence-electron chi connectivity index (χ0n) is 11.0. The van der Waals surface area contributed by atoms with Crippen LogP contribution >= 0.6 is 0 Å². The van der Waals surface area contributed by atoms with Crippen LogP contribution in [0.4, 0.5) is 10.1 Å². The van der Waals surface area contributed by atoms with E-state index in [2.05, 4.69) is 5.32 Å². The molecule has 0 amide bonds. The van der Waals surface area contributed by atoms with E-state index in [-0.39, 0.29) is 18.0 Å². The maximum atomic E-state index is 13.2. The fraction of sp³-hybridized carbons (Fsp3) is 0.571. The van der Waals surface area contributed by atoms with Crippen molar-refractivity contribution in [3.63, 3.8) is 0 Å². The van der Waals surface area contributed by atoms with E-state index >= 15 is 0 Å². The van der Waals surface area contributed by atoms with E-state index in [9.17, 15) is 9.50 Å². The van der Waals surface area contributed by atoms with Crippen LogP contribution in [0.25, 0.3) is 0 Å². The van der Waals surface area contributed by atoms with Crippen LogP contribution in [0.1, 0.15) is 12.8 Å². The molecule has 0 heterocycles. The van der Waals surface area contributed by atoms with Crippen LogP contribution in [-0.2, 0) is 0 Å². The molecule has 1 unspecified atom stereocenters. The van der Waals surface area contributed by atoms with E-state index in [1.54, 1.807) is 6.07 Å². The maximum absolute atomic E-state index is 13.2. The predicted molar refractivity (Wildman–Crippen MR) is 71.3 cm³/mol. The molecule has 3 nitrogen and oxygen atoms in total. The molecule has 0 aromatic heterocycles. The second kappa shape index (κ2) is 5.24. The van der Waals surface area contributed by atoms with Crippen molar-refractivity contribution >= 4 is 5.69 Å². The monoisotopic (exact) mass is 252 g/mol. The summed E-state index contributed by atoms with van der Waals surface area (Å²) in [6.45, 7) is 0.780. The van der Waals surface area contributed by atoms with Gasteiger partial charge in [-0.2, -0.15) is 0 Å². The third kappa shape index (κ3) is 2.65. The van der Waals surface area contributed by atoms with Gasteiger partial charge in [-0.05, 0) is 44.0 Å². The number of aliphatic hydroxyl groups excluding tert-OH is 1. The third-order valence-electron chi connectivity index (χ3n) is 3.91. The summed E-state index contributed by atoms with van der Waals surface area (Å²) in [4.78, 5) is 1.99. The van der Waals surface area contributed by atoms with Crippen molar-refractivity contribution < 1.29 is 9.50 Å². The van der Waals surface area contributed by atoms with E-state index in [0.717, 1.165) is 18.5 Å². The van der Waals surface area contributed by atoms with Gasteiger partial charge in [-0.3, -0.25) is 0 Å². The lowest BCUT2D eigenvalue weighted by Crippen LogP contribution is -2.56. The van der Waals surface area contributed by atoms with Gasteiger partial charge in [-0.25, -0.2) is 4.39 Å². The first-order valence-corrected chi connectivity index (χ1v) is 6.38. The summed E-state index contributed by atoms with van der Waals surface area (Å²) in [5.41, 5.74) is 0.560. The zero-order valence-corrected chi connectivity index (χ0v) is 11.0. The highest BCUT2D eigenvalue weighted by Gasteiger charge is 2.44. The molecule has 4 heteroatoms. The Bertz CT molecular complexity index is 403. The first-order valence-electron chi connectivity index (χ1n) is 6.38. The summed E-state index contributed by atoms with van der Waals surface area (Å²) in [5, 5.41) is 12.9. The van der Waals surface area contributed by atoms with Gasteiger partial charge < -0.3 is 15.3 Å². The summed E-state index contributed by atoms with van der Waals surface area (Å²) < 4.78 is 13.2. The molecular weight excluding hydrogens is 231 g/mol. The summed E-state index contributed by atoms with van der Waals surface area (Å²) >= 11 is 0. The number of benzene rings is 1. The number of nitrogens with zero attached hydrogens (tertiary/aromatic N) is 1. The summed E-state index contributed by atoms with van der Waals surface area (Å²) in [5.74, 6) is 0.285. The quantitative estimate of drug-likeness (QED) is 0.807. The van der Waals surface area contributed by atoms with Crippen LogP contribution in [0.3, 0.4) is 0 Å². The van der Waals surface area contributed by atoms with Crippen LogP contribution in [0, 0.1) is 11.7 Å². The second-order valence-corrected chi connectivity index (χ2v) is 5.17. The summed E-state index contributed by atoms with van der Waals surface area (Å²) in [7, 11) is 3.81. The third-order valence-corrected chi connectivity index (χ3v) is 3.91. The van der Waals surface area contributed by atoms with Gasteiger partial charge in [0.05, 0.1) is 12.1 Å². The minimum Gasteiger partial charge on any atom is -0.394 e. The molecule has 2 N–H and O–H groups in total. The van der Waals surface area contributed by atoms with Gasteiger partial charge in [-0.1, -0.05) is 6.07 Å². The van der Waals surface area contributed by atoms with E-state index in [1.807, 2.05) is 25.1 Å². The molecule has 1 saturated carbocycles. The average Bonchev–Trinajstić information content (AvgIpc) is 3.20. The van der Waals surface area contributed by atoms with Crippen LogP contribution in [0.15, 0.2) is 24.3 Å². The highest BCUT2D eigenvalue weighted by atomic mass is 19.1. The standard InChI is InChI=1S/C14H21FN2O/c1-16-14(10-18,11-6-7-11)9-17(2)13-5-3-4-12(15)8-13/h3-5,8,11,16,18H,6-7,9-10H2,1-2H3. The summed E-state index contributed by atoms with van der Waals surface area (Å²) in [6, 6.07) is 6.55. The molecule has 0 spiro atoms. The number of anilines is 1. The van der Waals surface area contributed by atoms with Crippen molar-refractivity contribution in [2.24, 2.45) is 5.92 Å². The normalized spacial score (nSPS) is 18.4. The number of hydrogen-bond acceptors (Lipinski definition) is 3. The molecule has 100 valence electrons. The molecule has 1 aliphatic rings. The van der Waals surface area contributed by atoms with E-state index in [4.69, 9.17) is 0 Å². The van der Waals surface area contributed by atoms with Crippen molar-refractivity contribution in [3.8, 4) is 0 Å². The maximum Gasteiger partial charge on any atom is 0.125 e. The molecule has 1 aliphatic carbocycles. The van der Waals surface area contributed by atoms with Crippen molar-refractivity contribution in [1.29, 1.82) is 0 Å². The molecule has 18 heavy (non-hydrogen) atoms. The predicted octanol–water partition coefficient (Wildman–Crippen LogP) is 1.62. The van der Waals surface area contributed by atoms with Gasteiger partial charge in [0.25, 0.3) is 0 Å². The van der Waals surface area contributed by atoms with Crippen molar-refractivity contribution in [1.82, 2.24) is 5.32 Å². The average molecular weight is 252 g/mol. The summed E-state index contributed by atoms with van der Waals surface area (Å²) in [6.07, 6.45) is 2.30. The SMILES string of the molecule is CNC(CO)(CN(C)c1cccc(F)c1)C1CC1. The number of rotatable bonds is 6. The van der Waals surface area contributed by atoms with Crippen LogP contribution in [0.2, 0.25) is 0 Å². The van der Waals surface area contributed by atoms with Crippen molar-refractivity contribution in [2.75, 3.05) is 32.1 Å². The highest BCUT2D eigenvalue weighted by molar-refractivity contribution is 5.46. The molecule has 0 bridgehead atoms. The largest absolute Gasteiger partial charge is 0.394 e. The Morgan fingerprint density at radius 3 is 2.72 bits per heavy atom. The fourth-order valence-corrected chi connectivity index (χ4v) is 2.53. The van der Waals surface area contributed by atoms with Gasteiger partial charge in [0.15, 0.2) is 0 Å². The number of nitrogens with one attached hydrogen (secondary N) is 1. The Morgan fingerprint density at radius 2 is 2.22 bits per heavy atom. The lowest BCUT2D eigenvalue weighted by atomic mass is 9.93.